The van der Waals surface area contributed by atoms with Gasteiger partial charge in [-0.1, -0.05) is 32.0 Å². The molecule has 0 saturated heterocycles. The Bertz CT molecular complexity index is 1090. The van der Waals surface area contributed by atoms with Gasteiger partial charge in [0.25, 0.3) is 5.56 Å². The largest absolute Gasteiger partial charge is 0.507 e. The number of aromatic amines is 1. The van der Waals surface area contributed by atoms with Gasteiger partial charge in [0, 0.05) is 35.3 Å². The SMILES string of the molecule is COC(=O)C[C@H](CC(C)C)c1c(O)cc(C)n(CCc2c[nH]c3ccccc23)c1=O. The fourth-order valence-electron chi connectivity index (χ4n) is 4.16. The van der Waals surface area contributed by atoms with Crippen LogP contribution < -0.4 is 5.56 Å². The summed E-state index contributed by atoms with van der Waals surface area (Å²) in [6, 6.07) is 9.70. The first-order valence-corrected chi connectivity index (χ1v) is 10.4. The van der Waals surface area contributed by atoms with Gasteiger partial charge < -0.3 is 19.4 Å². The second kappa shape index (κ2) is 9.20. The van der Waals surface area contributed by atoms with Crippen molar-refractivity contribution in [1.82, 2.24) is 9.55 Å². The number of para-hydroxylation sites is 1. The van der Waals surface area contributed by atoms with Crippen LogP contribution in [-0.4, -0.2) is 27.7 Å². The molecule has 0 radical (unpaired) electrons. The molecule has 3 rings (SSSR count). The molecule has 2 N–H and O–H groups in total. The van der Waals surface area contributed by atoms with E-state index >= 15 is 0 Å². The lowest BCUT2D eigenvalue weighted by molar-refractivity contribution is -0.141. The van der Waals surface area contributed by atoms with Crippen molar-refractivity contribution in [2.24, 2.45) is 5.92 Å². The first-order valence-electron chi connectivity index (χ1n) is 10.4. The van der Waals surface area contributed by atoms with Gasteiger partial charge >= 0.3 is 5.97 Å². The van der Waals surface area contributed by atoms with E-state index in [-0.39, 0.29) is 35.5 Å². The highest BCUT2D eigenvalue weighted by atomic mass is 16.5. The minimum Gasteiger partial charge on any atom is -0.507 e. The minimum atomic E-state index is -0.384. The highest BCUT2D eigenvalue weighted by Gasteiger charge is 2.25. The van der Waals surface area contributed by atoms with Crippen LogP contribution in [0.3, 0.4) is 0 Å². The zero-order valence-electron chi connectivity index (χ0n) is 18.1. The van der Waals surface area contributed by atoms with Crippen LogP contribution >= 0.6 is 0 Å². The number of aromatic nitrogens is 2. The molecule has 2 aromatic heterocycles. The van der Waals surface area contributed by atoms with Gasteiger partial charge in [-0.05, 0) is 43.4 Å². The third-order valence-electron chi connectivity index (χ3n) is 5.61. The molecule has 0 bridgehead atoms. The van der Waals surface area contributed by atoms with Gasteiger partial charge in [0.2, 0.25) is 0 Å². The second-order valence-electron chi connectivity index (χ2n) is 8.26. The van der Waals surface area contributed by atoms with Gasteiger partial charge in [-0.3, -0.25) is 9.59 Å². The maximum atomic E-state index is 13.4. The Morgan fingerprint density at radius 1 is 1.27 bits per heavy atom. The number of pyridine rings is 1. The molecular formula is C24H30N2O4. The number of nitrogens with zero attached hydrogens (tertiary/aromatic N) is 1. The van der Waals surface area contributed by atoms with Crippen molar-refractivity contribution in [3.63, 3.8) is 0 Å². The van der Waals surface area contributed by atoms with Crippen molar-refractivity contribution in [3.05, 3.63) is 63.7 Å². The molecule has 30 heavy (non-hydrogen) atoms. The van der Waals surface area contributed by atoms with E-state index in [0.29, 0.717) is 30.6 Å². The summed E-state index contributed by atoms with van der Waals surface area (Å²) in [6.07, 6.45) is 3.35. The fourth-order valence-corrected chi connectivity index (χ4v) is 4.16. The van der Waals surface area contributed by atoms with Gasteiger partial charge in [-0.25, -0.2) is 0 Å². The summed E-state index contributed by atoms with van der Waals surface area (Å²) in [5.74, 6) is -0.551. The predicted molar refractivity (Wildman–Crippen MR) is 118 cm³/mol. The molecule has 6 heteroatoms. The lowest BCUT2D eigenvalue weighted by Crippen LogP contribution is -2.29. The highest BCUT2D eigenvalue weighted by molar-refractivity contribution is 5.83. The van der Waals surface area contributed by atoms with Crippen molar-refractivity contribution in [1.29, 1.82) is 0 Å². The summed E-state index contributed by atoms with van der Waals surface area (Å²) in [5.41, 5.74) is 2.97. The number of aryl methyl sites for hydroxylation is 2. The molecule has 0 aliphatic carbocycles. The summed E-state index contributed by atoms with van der Waals surface area (Å²) >= 11 is 0. The number of nitrogens with one attached hydrogen (secondary N) is 1. The van der Waals surface area contributed by atoms with Gasteiger partial charge in [-0.15, -0.1) is 0 Å². The monoisotopic (exact) mass is 410 g/mol. The van der Waals surface area contributed by atoms with Crippen molar-refractivity contribution >= 4 is 16.9 Å². The molecule has 0 unspecified atom stereocenters. The third-order valence-corrected chi connectivity index (χ3v) is 5.61. The topological polar surface area (TPSA) is 84.3 Å². The van der Waals surface area contributed by atoms with E-state index in [1.807, 2.05) is 45.2 Å². The number of hydrogen-bond donors (Lipinski definition) is 2. The Morgan fingerprint density at radius 2 is 2.00 bits per heavy atom. The summed E-state index contributed by atoms with van der Waals surface area (Å²) in [5, 5.41) is 11.7. The van der Waals surface area contributed by atoms with E-state index in [4.69, 9.17) is 4.74 Å². The molecule has 2 heterocycles. The summed E-state index contributed by atoms with van der Waals surface area (Å²) in [6.45, 7) is 6.38. The Balaban J connectivity index is 1.95. The number of H-pyrrole nitrogens is 1. The molecule has 1 atom stereocenters. The molecule has 0 amide bonds. The first-order chi connectivity index (χ1) is 14.3. The van der Waals surface area contributed by atoms with Crippen molar-refractivity contribution < 1.29 is 14.6 Å². The Labute approximate surface area is 176 Å². The average Bonchev–Trinajstić information content (AvgIpc) is 3.10. The highest BCUT2D eigenvalue weighted by Crippen LogP contribution is 2.32. The van der Waals surface area contributed by atoms with Crippen LogP contribution in [0.5, 0.6) is 5.75 Å². The van der Waals surface area contributed by atoms with Crippen molar-refractivity contribution in [2.45, 2.75) is 52.5 Å². The van der Waals surface area contributed by atoms with Crippen LogP contribution in [0.15, 0.2) is 41.3 Å². The standard InChI is InChI=1S/C24H30N2O4/c1-15(2)11-18(13-22(28)30-4)23-21(27)12-16(3)26(24(23)29)10-9-17-14-25-20-8-6-5-7-19(17)20/h5-8,12,14-15,18,25,27H,9-11,13H2,1-4H3/t18-/m0/s1. The predicted octanol–water partition coefficient (Wildman–Crippen LogP) is 4.28. The number of esters is 1. The molecule has 3 aromatic rings. The normalized spacial score (nSPS) is 12.4. The van der Waals surface area contributed by atoms with Crippen molar-refractivity contribution in [3.8, 4) is 5.75 Å². The lowest BCUT2D eigenvalue weighted by Gasteiger charge is -2.21. The number of carbonyl (C=O) groups excluding carboxylic acids is 1. The quantitative estimate of drug-likeness (QED) is 0.543. The molecule has 160 valence electrons. The zero-order chi connectivity index (χ0) is 21.8. The Hall–Kier alpha value is -3.02. The summed E-state index contributed by atoms with van der Waals surface area (Å²) < 4.78 is 6.52. The molecule has 0 aliphatic heterocycles. The van der Waals surface area contributed by atoms with E-state index < -0.39 is 0 Å². The Morgan fingerprint density at radius 3 is 2.70 bits per heavy atom. The number of fused-ring (bicyclic) bond motifs is 1. The Kier molecular flexibility index (Phi) is 6.65. The summed E-state index contributed by atoms with van der Waals surface area (Å²) in [7, 11) is 1.34. The number of aromatic hydroxyl groups is 1. The number of ether oxygens (including phenoxy) is 1. The molecule has 0 aliphatic rings. The van der Waals surface area contributed by atoms with Gasteiger partial charge in [0.05, 0.1) is 19.1 Å². The minimum absolute atomic E-state index is 0.0459. The summed E-state index contributed by atoms with van der Waals surface area (Å²) in [4.78, 5) is 28.6. The number of hydrogen-bond acceptors (Lipinski definition) is 4. The van der Waals surface area contributed by atoms with E-state index in [1.54, 1.807) is 10.6 Å². The van der Waals surface area contributed by atoms with E-state index in [0.717, 1.165) is 16.5 Å². The van der Waals surface area contributed by atoms with E-state index in [1.165, 1.54) is 7.11 Å². The van der Waals surface area contributed by atoms with Gasteiger partial charge in [-0.2, -0.15) is 0 Å². The zero-order valence-corrected chi connectivity index (χ0v) is 18.1. The van der Waals surface area contributed by atoms with Gasteiger partial charge in [0.15, 0.2) is 0 Å². The first kappa shape index (κ1) is 21.7. The van der Waals surface area contributed by atoms with E-state index in [2.05, 4.69) is 11.1 Å². The van der Waals surface area contributed by atoms with Gasteiger partial charge in [0.1, 0.15) is 5.75 Å². The smallest absolute Gasteiger partial charge is 0.306 e. The number of benzene rings is 1. The molecular weight excluding hydrogens is 380 g/mol. The molecule has 6 nitrogen and oxygen atoms in total. The van der Waals surface area contributed by atoms with Crippen molar-refractivity contribution in [2.75, 3.05) is 7.11 Å². The number of methoxy groups -OCH3 is 1. The van der Waals surface area contributed by atoms with Crippen LogP contribution in [0.2, 0.25) is 0 Å². The second-order valence-corrected chi connectivity index (χ2v) is 8.26. The molecule has 0 fully saturated rings. The maximum Gasteiger partial charge on any atom is 0.306 e. The molecule has 0 spiro atoms. The number of rotatable bonds is 8. The molecule has 0 saturated carbocycles. The van der Waals surface area contributed by atoms with Crippen LogP contribution in [0, 0.1) is 12.8 Å². The number of carbonyl (C=O) groups is 1. The molecule has 1 aromatic carbocycles. The van der Waals surface area contributed by atoms with Crippen LogP contribution in [0.1, 0.15) is 49.4 Å². The van der Waals surface area contributed by atoms with E-state index in [9.17, 15) is 14.7 Å². The fraction of sp³-hybridized carbons (Fsp3) is 0.417. The van der Waals surface area contributed by atoms with Crippen LogP contribution in [0.25, 0.3) is 10.9 Å². The lowest BCUT2D eigenvalue weighted by atomic mass is 9.87. The van der Waals surface area contributed by atoms with Crippen LogP contribution in [0.4, 0.5) is 0 Å². The average molecular weight is 411 g/mol. The maximum absolute atomic E-state index is 13.4. The van der Waals surface area contributed by atoms with Crippen LogP contribution in [-0.2, 0) is 22.5 Å². The third kappa shape index (κ3) is 4.58.